The Balaban J connectivity index is 0.000000178. The summed E-state index contributed by atoms with van der Waals surface area (Å²) in [4.78, 5) is 32.6. The standard InChI is InChI=1S/C24H24N4O3.C20H16N4O3/c1-24(2,3)31-22(29)17-9-7-8-16(14-17)18-12-13-21-26-23(27-28(21)15-18)25-19-10-5-6-11-20(19)30-4;1-27-17-8-3-2-7-16(17)21-20-22-18-10-9-15(12-24(18)23-20)13-5-4-6-14(11-13)19(25)26/h5-15H,1-4H3,(H,25,27);2-12H,1H3,(H,21,23)(H,25,26). The van der Waals surface area contributed by atoms with Crippen LogP contribution >= 0.6 is 0 Å². The van der Waals surface area contributed by atoms with Crippen LogP contribution in [0.4, 0.5) is 23.3 Å². The number of carbonyl (C=O) groups is 2. The number of hydrogen-bond acceptors (Lipinski definition) is 11. The summed E-state index contributed by atoms with van der Waals surface area (Å²) in [5, 5.41) is 24.5. The number of anilines is 4. The zero-order valence-electron chi connectivity index (χ0n) is 32.4. The number of aromatic carboxylic acids is 1. The Kier molecular flexibility index (Phi) is 11.0. The number of carboxylic acid groups (broad SMARTS) is 1. The van der Waals surface area contributed by atoms with Crippen LogP contribution in [-0.4, -0.2) is 66.1 Å². The average molecular weight is 777 g/mol. The van der Waals surface area contributed by atoms with Crippen LogP contribution < -0.4 is 20.1 Å². The molecule has 58 heavy (non-hydrogen) atoms. The number of para-hydroxylation sites is 4. The maximum Gasteiger partial charge on any atom is 0.338 e. The molecule has 0 spiro atoms. The number of carbonyl (C=O) groups excluding carboxylic acids is 1. The second-order valence-electron chi connectivity index (χ2n) is 13.9. The Morgan fingerprint density at radius 2 is 1.05 bits per heavy atom. The van der Waals surface area contributed by atoms with E-state index in [2.05, 4.69) is 30.8 Å². The molecule has 4 heterocycles. The van der Waals surface area contributed by atoms with Crippen LogP contribution in [0.2, 0.25) is 0 Å². The van der Waals surface area contributed by atoms with Crippen LogP contribution in [0.15, 0.2) is 134 Å². The normalized spacial score (nSPS) is 11.1. The van der Waals surface area contributed by atoms with Gasteiger partial charge in [0.25, 0.3) is 0 Å². The number of ether oxygens (including phenoxy) is 3. The van der Waals surface area contributed by atoms with Gasteiger partial charge in [0.2, 0.25) is 11.9 Å². The Morgan fingerprint density at radius 1 is 0.586 bits per heavy atom. The summed E-state index contributed by atoms with van der Waals surface area (Å²) in [6, 6.07) is 36.8. The number of rotatable bonds is 10. The van der Waals surface area contributed by atoms with Crippen molar-refractivity contribution in [1.29, 1.82) is 0 Å². The van der Waals surface area contributed by atoms with Crippen LogP contribution in [0.5, 0.6) is 11.5 Å². The Bertz CT molecular complexity index is 2750. The molecule has 8 rings (SSSR count). The summed E-state index contributed by atoms with van der Waals surface area (Å²) in [5.41, 5.74) is 6.57. The third-order valence-electron chi connectivity index (χ3n) is 8.64. The predicted molar refractivity (Wildman–Crippen MR) is 222 cm³/mol. The molecule has 8 aromatic rings. The number of pyridine rings is 2. The van der Waals surface area contributed by atoms with E-state index in [1.54, 1.807) is 47.5 Å². The maximum absolute atomic E-state index is 12.4. The summed E-state index contributed by atoms with van der Waals surface area (Å²) in [7, 11) is 3.23. The van der Waals surface area contributed by atoms with E-state index in [1.807, 2.05) is 130 Å². The van der Waals surface area contributed by atoms with E-state index >= 15 is 0 Å². The first-order valence-electron chi connectivity index (χ1n) is 18.2. The number of methoxy groups -OCH3 is 2. The van der Waals surface area contributed by atoms with Crippen molar-refractivity contribution in [3.05, 3.63) is 145 Å². The maximum atomic E-state index is 12.4. The number of fused-ring (bicyclic) bond motifs is 2. The van der Waals surface area contributed by atoms with Gasteiger partial charge in [0.15, 0.2) is 11.3 Å². The smallest absolute Gasteiger partial charge is 0.338 e. The molecule has 292 valence electrons. The fourth-order valence-corrected chi connectivity index (χ4v) is 5.94. The Hall–Kier alpha value is -7.74. The molecule has 3 N–H and O–H groups in total. The van der Waals surface area contributed by atoms with Crippen molar-refractivity contribution in [2.24, 2.45) is 0 Å². The highest BCUT2D eigenvalue weighted by Crippen LogP contribution is 2.29. The van der Waals surface area contributed by atoms with Crippen molar-refractivity contribution in [3.63, 3.8) is 0 Å². The highest BCUT2D eigenvalue weighted by Gasteiger charge is 2.18. The fraction of sp³-hybridized carbons (Fsp3) is 0.136. The van der Waals surface area contributed by atoms with Gasteiger partial charge in [0.05, 0.1) is 36.7 Å². The van der Waals surface area contributed by atoms with E-state index in [0.29, 0.717) is 40.3 Å². The van der Waals surface area contributed by atoms with E-state index in [1.165, 1.54) is 0 Å². The van der Waals surface area contributed by atoms with Crippen molar-refractivity contribution >= 4 is 46.5 Å². The van der Waals surface area contributed by atoms with Crippen molar-refractivity contribution in [2.75, 3.05) is 24.9 Å². The van der Waals surface area contributed by atoms with Crippen molar-refractivity contribution in [1.82, 2.24) is 29.2 Å². The lowest BCUT2D eigenvalue weighted by atomic mass is 10.0. The van der Waals surface area contributed by atoms with E-state index in [4.69, 9.17) is 19.3 Å². The summed E-state index contributed by atoms with van der Waals surface area (Å²) >= 11 is 0. The minimum Gasteiger partial charge on any atom is -0.495 e. The van der Waals surface area contributed by atoms with Gasteiger partial charge in [0, 0.05) is 23.5 Å². The summed E-state index contributed by atoms with van der Waals surface area (Å²) < 4.78 is 19.5. The molecule has 0 unspecified atom stereocenters. The van der Waals surface area contributed by atoms with Crippen molar-refractivity contribution in [3.8, 4) is 33.8 Å². The lowest BCUT2D eigenvalue weighted by Gasteiger charge is -2.19. The van der Waals surface area contributed by atoms with Gasteiger partial charge in [-0.3, -0.25) is 0 Å². The second kappa shape index (κ2) is 16.5. The minimum atomic E-state index is -0.957. The first-order valence-corrected chi connectivity index (χ1v) is 18.2. The van der Waals surface area contributed by atoms with Crippen LogP contribution in [0.25, 0.3) is 33.5 Å². The third-order valence-corrected chi connectivity index (χ3v) is 8.64. The van der Waals surface area contributed by atoms with Gasteiger partial charge in [-0.1, -0.05) is 48.5 Å². The van der Waals surface area contributed by atoms with Gasteiger partial charge in [-0.25, -0.2) is 18.6 Å². The first-order chi connectivity index (χ1) is 28.0. The molecule has 14 heteroatoms. The molecule has 0 radical (unpaired) electrons. The van der Waals surface area contributed by atoms with Gasteiger partial charge < -0.3 is 30.0 Å². The summed E-state index contributed by atoms with van der Waals surface area (Å²) in [5.74, 6) is 1.00. The van der Waals surface area contributed by atoms with Crippen molar-refractivity contribution < 1.29 is 28.9 Å². The minimum absolute atomic E-state index is 0.240. The molecule has 4 aromatic heterocycles. The SMILES string of the molecule is COc1ccccc1Nc1nc2ccc(-c3cccc(C(=O)O)c3)cn2n1.COc1ccccc1Nc1nc2ccc(-c3cccc(C(=O)OC(C)(C)C)c3)cn2n1. The van der Waals surface area contributed by atoms with E-state index < -0.39 is 11.6 Å². The topological polar surface area (TPSA) is 166 Å². The summed E-state index contributed by atoms with van der Waals surface area (Å²) in [6.07, 6.45) is 3.70. The molecule has 14 nitrogen and oxygen atoms in total. The number of carboxylic acids is 1. The monoisotopic (exact) mass is 776 g/mol. The molecule has 0 aliphatic carbocycles. The van der Waals surface area contributed by atoms with Crippen LogP contribution in [0, 0.1) is 0 Å². The Labute approximate surface area is 333 Å². The van der Waals surface area contributed by atoms with Crippen molar-refractivity contribution in [2.45, 2.75) is 26.4 Å². The van der Waals surface area contributed by atoms with E-state index in [-0.39, 0.29) is 11.5 Å². The van der Waals surface area contributed by atoms with Crippen LogP contribution in [0.1, 0.15) is 41.5 Å². The quantitative estimate of drug-likeness (QED) is 0.113. The highest BCUT2D eigenvalue weighted by atomic mass is 16.6. The molecular weight excluding hydrogens is 737 g/mol. The van der Waals surface area contributed by atoms with Gasteiger partial charge in [-0.15, -0.1) is 10.2 Å². The average Bonchev–Trinajstić information content (AvgIpc) is 3.83. The van der Waals surface area contributed by atoms with Crippen LogP contribution in [0.3, 0.4) is 0 Å². The largest absolute Gasteiger partial charge is 0.495 e. The van der Waals surface area contributed by atoms with Gasteiger partial charge >= 0.3 is 11.9 Å². The summed E-state index contributed by atoms with van der Waals surface area (Å²) in [6.45, 7) is 5.55. The zero-order valence-corrected chi connectivity index (χ0v) is 32.4. The number of benzene rings is 4. The molecular formula is C44H40N8O6. The number of esters is 1. The fourth-order valence-electron chi connectivity index (χ4n) is 5.94. The second-order valence-corrected chi connectivity index (χ2v) is 13.9. The van der Waals surface area contributed by atoms with Crippen LogP contribution in [-0.2, 0) is 4.74 Å². The molecule has 0 saturated heterocycles. The molecule has 0 aliphatic heterocycles. The van der Waals surface area contributed by atoms with Gasteiger partial charge in [0.1, 0.15) is 17.1 Å². The molecule has 0 bridgehead atoms. The van der Waals surface area contributed by atoms with Gasteiger partial charge in [-0.05, 0) is 105 Å². The Morgan fingerprint density at radius 3 is 1.52 bits per heavy atom. The zero-order chi connectivity index (χ0) is 40.8. The number of aromatic nitrogens is 6. The predicted octanol–water partition coefficient (Wildman–Crippen LogP) is 8.95. The number of nitrogens with one attached hydrogen (secondary N) is 2. The van der Waals surface area contributed by atoms with E-state index in [9.17, 15) is 9.59 Å². The number of hydrogen-bond donors (Lipinski definition) is 3. The third kappa shape index (κ3) is 9.03. The lowest BCUT2D eigenvalue weighted by Crippen LogP contribution is -2.23. The molecule has 4 aromatic carbocycles. The van der Waals surface area contributed by atoms with E-state index in [0.717, 1.165) is 33.6 Å². The first kappa shape index (κ1) is 38.5. The van der Waals surface area contributed by atoms with Gasteiger partial charge in [-0.2, -0.15) is 9.97 Å². The highest BCUT2D eigenvalue weighted by molar-refractivity contribution is 5.91. The number of nitrogens with zero attached hydrogens (tertiary/aromatic N) is 6. The molecule has 0 amide bonds. The molecule has 0 fully saturated rings. The molecule has 0 aliphatic rings. The molecule has 0 atom stereocenters. The lowest BCUT2D eigenvalue weighted by molar-refractivity contribution is 0.00693. The molecule has 0 saturated carbocycles.